The number of aromatic nitrogens is 4. The number of aromatic amines is 2. The van der Waals surface area contributed by atoms with Crippen LogP contribution in [0.15, 0.2) is 103 Å². The predicted octanol–water partition coefficient (Wildman–Crippen LogP) is 8.17. The Morgan fingerprint density at radius 3 is 2.31 bits per heavy atom. The van der Waals surface area contributed by atoms with E-state index in [1.165, 1.54) is 14.2 Å². The van der Waals surface area contributed by atoms with Crippen molar-refractivity contribution in [3.05, 3.63) is 120 Å². The number of alkyl carbamates (subject to hydrolysis) is 2. The van der Waals surface area contributed by atoms with E-state index in [4.69, 9.17) is 14.7 Å². The van der Waals surface area contributed by atoms with Gasteiger partial charge < -0.3 is 39.9 Å². The van der Waals surface area contributed by atoms with Gasteiger partial charge in [-0.2, -0.15) is 0 Å². The molecule has 0 radical (unpaired) electrons. The molecule has 3 heterocycles. The van der Waals surface area contributed by atoms with E-state index < -0.39 is 18.2 Å². The minimum atomic E-state index is -0.877. The second kappa shape index (κ2) is 17.0. The molecule has 4 N–H and O–H groups in total. The average molecular weight is 833 g/mol. The molecule has 4 amide bonds. The van der Waals surface area contributed by atoms with Crippen LogP contribution in [-0.2, 0) is 25.6 Å². The molecule has 62 heavy (non-hydrogen) atoms. The van der Waals surface area contributed by atoms with Gasteiger partial charge in [0.05, 0.1) is 49.7 Å². The van der Waals surface area contributed by atoms with Crippen LogP contribution in [0.4, 0.5) is 9.59 Å². The van der Waals surface area contributed by atoms with Crippen LogP contribution in [0.1, 0.15) is 61.9 Å². The summed E-state index contributed by atoms with van der Waals surface area (Å²) in [6.45, 7) is 2.66. The number of ether oxygens (including phenoxy) is 2. The quantitative estimate of drug-likeness (QED) is 0.0954. The average Bonchev–Trinajstić information content (AvgIpc) is 4.14. The molecule has 2 fully saturated rings. The number of fused-ring (bicyclic) bond motifs is 6. The number of imidazole rings is 2. The lowest BCUT2D eigenvalue weighted by molar-refractivity contribution is -0.138. The zero-order chi connectivity index (χ0) is 42.9. The Balaban J connectivity index is 0.930. The maximum atomic E-state index is 14.3. The largest absolute Gasteiger partial charge is 0.453 e. The summed E-state index contributed by atoms with van der Waals surface area (Å²) in [6, 6.07) is 31.6. The van der Waals surface area contributed by atoms with Crippen molar-refractivity contribution in [3.8, 4) is 22.4 Å². The number of piperidine rings is 1. The summed E-state index contributed by atoms with van der Waals surface area (Å²) < 4.78 is 9.50. The molecule has 1 aliphatic heterocycles. The highest BCUT2D eigenvalue weighted by atomic mass is 16.5. The van der Waals surface area contributed by atoms with Gasteiger partial charge in [-0.25, -0.2) is 19.6 Å². The summed E-state index contributed by atoms with van der Waals surface area (Å²) in [5, 5.41) is 9.48. The van der Waals surface area contributed by atoms with Crippen molar-refractivity contribution in [1.29, 1.82) is 0 Å². The van der Waals surface area contributed by atoms with E-state index in [2.05, 4.69) is 86.0 Å². The number of H-pyrrole nitrogens is 2. The molecule has 7 aromatic rings. The van der Waals surface area contributed by atoms with E-state index in [1.807, 2.05) is 54.4 Å². The van der Waals surface area contributed by atoms with Gasteiger partial charge in [0.15, 0.2) is 0 Å². The van der Waals surface area contributed by atoms with E-state index in [1.54, 1.807) is 4.90 Å². The maximum Gasteiger partial charge on any atom is 0.407 e. The third-order valence-electron chi connectivity index (χ3n) is 12.3. The van der Waals surface area contributed by atoms with Crippen molar-refractivity contribution in [2.24, 2.45) is 5.92 Å². The molecule has 316 valence electrons. The van der Waals surface area contributed by atoms with Gasteiger partial charge >= 0.3 is 12.2 Å². The first-order chi connectivity index (χ1) is 30.2. The second-order valence-corrected chi connectivity index (χ2v) is 16.1. The zero-order valence-electron chi connectivity index (χ0n) is 34.8. The fraction of sp³-hybridized carbons (Fsp3) is 0.292. The first-order valence-corrected chi connectivity index (χ1v) is 21.0. The highest BCUT2D eigenvalue weighted by Crippen LogP contribution is 2.50. The monoisotopic (exact) mass is 832 g/mol. The molecule has 14 nitrogen and oxygen atoms in total. The van der Waals surface area contributed by atoms with Gasteiger partial charge in [-0.05, 0) is 88.7 Å². The standard InChI is InChI=1S/C48H48N8O6/c1-4-20-55(41(57)26-50-47(59)61-2)27-40-51-38-19-16-33-22-32(15-18-37(33)43(38)53-40)29-10-11-31-23-34(13-12-30(31)21-29)39-25-49-45(52-39)44-35-14-17-36(24-35)56(44)46(58)42(54-48(60)62-3)28-8-6-5-7-9-28/h5-13,15-16,18-19,21-23,25,35-36,42,44H,4,14,17,20,24,26-27H2,1-3H3,(H,49,52)(H,50,59)(H,51,53)(H,54,60)/t35-,36+,42+,44?/m0/s1. The number of methoxy groups -OCH3 is 2. The third-order valence-corrected chi connectivity index (χ3v) is 12.3. The molecule has 14 heteroatoms. The molecule has 9 rings (SSSR count). The summed E-state index contributed by atoms with van der Waals surface area (Å²) in [7, 11) is 2.56. The number of rotatable bonds is 12. The minimum Gasteiger partial charge on any atom is -0.453 e. The molecular weight excluding hydrogens is 785 g/mol. The van der Waals surface area contributed by atoms with Gasteiger partial charge in [0, 0.05) is 23.5 Å². The van der Waals surface area contributed by atoms with Crippen LogP contribution >= 0.6 is 0 Å². The molecule has 0 spiro atoms. The maximum absolute atomic E-state index is 14.3. The number of benzene rings is 5. The van der Waals surface area contributed by atoms with Crippen molar-refractivity contribution in [2.75, 3.05) is 27.3 Å². The Labute approximate surface area is 358 Å². The Kier molecular flexibility index (Phi) is 11.0. The number of nitrogens with zero attached hydrogens (tertiary/aromatic N) is 4. The number of amides is 4. The fourth-order valence-electron chi connectivity index (χ4n) is 9.32. The van der Waals surface area contributed by atoms with Crippen LogP contribution in [0.5, 0.6) is 0 Å². The lowest BCUT2D eigenvalue weighted by Gasteiger charge is -2.36. The highest BCUT2D eigenvalue weighted by molar-refractivity contribution is 6.05. The molecule has 1 aliphatic carbocycles. The first kappa shape index (κ1) is 40.2. The fourth-order valence-corrected chi connectivity index (χ4v) is 9.32. The van der Waals surface area contributed by atoms with Crippen LogP contribution in [0.25, 0.3) is 55.0 Å². The topological polar surface area (TPSA) is 175 Å². The van der Waals surface area contributed by atoms with Gasteiger partial charge in [0.2, 0.25) is 5.91 Å². The molecule has 5 aromatic carbocycles. The van der Waals surface area contributed by atoms with Crippen molar-refractivity contribution in [1.82, 2.24) is 40.4 Å². The number of carbonyl (C=O) groups excluding carboxylic acids is 4. The van der Waals surface area contributed by atoms with E-state index >= 15 is 0 Å². The Morgan fingerprint density at radius 2 is 1.55 bits per heavy atom. The predicted molar refractivity (Wildman–Crippen MR) is 236 cm³/mol. The van der Waals surface area contributed by atoms with Gasteiger partial charge in [-0.15, -0.1) is 0 Å². The molecule has 4 atom stereocenters. The van der Waals surface area contributed by atoms with E-state index in [9.17, 15) is 19.2 Å². The third kappa shape index (κ3) is 7.79. The molecule has 2 aromatic heterocycles. The van der Waals surface area contributed by atoms with Crippen LogP contribution in [0, 0.1) is 5.92 Å². The van der Waals surface area contributed by atoms with Gasteiger partial charge in [-0.3, -0.25) is 9.59 Å². The van der Waals surface area contributed by atoms with Gasteiger partial charge in [0.25, 0.3) is 5.91 Å². The molecule has 1 unspecified atom stereocenters. The van der Waals surface area contributed by atoms with E-state index in [-0.39, 0.29) is 36.4 Å². The number of hydrogen-bond donors (Lipinski definition) is 4. The van der Waals surface area contributed by atoms with E-state index in [0.29, 0.717) is 24.5 Å². The van der Waals surface area contributed by atoms with E-state index in [0.717, 1.165) is 86.5 Å². The molecule has 1 saturated carbocycles. The summed E-state index contributed by atoms with van der Waals surface area (Å²) in [5.74, 6) is 1.31. The smallest absolute Gasteiger partial charge is 0.407 e. The minimum absolute atomic E-state index is 0.0727. The Bertz CT molecular complexity index is 2820. The van der Waals surface area contributed by atoms with Crippen molar-refractivity contribution in [2.45, 2.75) is 57.3 Å². The lowest BCUT2D eigenvalue weighted by atomic mass is 9.96. The van der Waals surface area contributed by atoms with Crippen LogP contribution in [0.2, 0.25) is 0 Å². The number of hydrogen-bond acceptors (Lipinski definition) is 8. The normalized spacial score (nSPS) is 17.3. The van der Waals surface area contributed by atoms with Gasteiger partial charge in [0.1, 0.15) is 24.2 Å². The second-order valence-electron chi connectivity index (χ2n) is 16.1. The number of carbonyl (C=O) groups is 4. The molecule has 2 bridgehead atoms. The van der Waals surface area contributed by atoms with Crippen LogP contribution < -0.4 is 10.6 Å². The van der Waals surface area contributed by atoms with Crippen molar-refractivity contribution >= 4 is 56.6 Å². The van der Waals surface area contributed by atoms with Gasteiger partial charge in [-0.1, -0.05) is 79.7 Å². The number of nitrogens with one attached hydrogen (secondary N) is 4. The number of likely N-dealkylation sites (tertiary alicyclic amines) is 1. The Morgan fingerprint density at radius 1 is 0.839 bits per heavy atom. The van der Waals surface area contributed by atoms with Crippen LogP contribution in [0.3, 0.4) is 0 Å². The first-order valence-electron chi connectivity index (χ1n) is 21.0. The SMILES string of the molecule is CCCN(Cc1nc2c(ccc3cc(-c4ccc5cc(-c6cnc(C7[C@H]8CC[C@H](C8)N7C(=O)[C@H](NC(=O)OC)c7ccccc7)[nH]6)ccc5c4)ccc32)[nH]1)C(=O)CNC(=O)OC. The van der Waals surface area contributed by atoms with Crippen LogP contribution in [-0.4, -0.2) is 87.1 Å². The summed E-state index contributed by atoms with van der Waals surface area (Å²) >= 11 is 0. The molecule has 2 aliphatic rings. The van der Waals surface area contributed by atoms with Crippen molar-refractivity contribution in [3.63, 3.8) is 0 Å². The van der Waals surface area contributed by atoms with Crippen molar-refractivity contribution < 1.29 is 28.7 Å². The lowest BCUT2D eigenvalue weighted by Crippen LogP contribution is -2.47. The Hall–Kier alpha value is -7.22. The molecular formula is C48H48N8O6. The summed E-state index contributed by atoms with van der Waals surface area (Å²) in [6.07, 6.45) is 4.14. The molecule has 1 saturated heterocycles. The highest BCUT2D eigenvalue weighted by Gasteiger charge is 2.51. The summed E-state index contributed by atoms with van der Waals surface area (Å²) in [5.41, 5.74) is 6.45. The summed E-state index contributed by atoms with van der Waals surface area (Å²) in [4.78, 5) is 71.5. The zero-order valence-corrected chi connectivity index (χ0v) is 34.8.